The Hall–Kier alpha value is -0.580. The first kappa shape index (κ1) is 10.5. The Morgan fingerprint density at radius 1 is 1.62 bits per heavy atom. The quantitative estimate of drug-likeness (QED) is 0.572. The van der Waals surface area contributed by atoms with Crippen molar-refractivity contribution in [3.63, 3.8) is 0 Å². The maximum absolute atomic E-state index is 5.48. The van der Waals surface area contributed by atoms with Crippen molar-refractivity contribution in [2.75, 3.05) is 19.5 Å². The highest BCUT2D eigenvalue weighted by Gasteiger charge is 1.95. The third-order valence-electron chi connectivity index (χ3n) is 1.55. The highest BCUT2D eigenvalue weighted by atomic mass is 32.2. The van der Waals surface area contributed by atoms with Crippen LogP contribution in [-0.2, 0) is 11.3 Å². The number of thioether (sulfide) groups is 1. The largest absolute Gasteiger partial charge is 0.384 e. The van der Waals surface area contributed by atoms with Crippen LogP contribution in [-0.4, -0.2) is 24.5 Å². The lowest BCUT2D eigenvalue weighted by atomic mass is 10.3. The van der Waals surface area contributed by atoms with E-state index < -0.39 is 0 Å². The van der Waals surface area contributed by atoms with Gasteiger partial charge in [-0.2, -0.15) is 0 Å². The molecule has 0 saturated carbocycles. The average molecular weight is 198 g/mol. The van der Waals surface area contributed by atoms with Gasteiger partial charge >= 0.3 is 0 Å². The smallest absolute Gasteiger partial charge is 0.0556 e. The van der Waals surface area contributed by atoms with Gasteiger partial charge in [-0.3, -0.25) is 4.98 Å². The molecule has 0 atom stereocenters. The van der Waals surface area contributed by atoms with Crippen LogP contribution in [0.1, 0.15) is 5.69 Å². The third kappa shape index (κ3) is 3.76. The molecule has 0 aliphatic rings. The molecule has 3 nitrogen and oxygen atoms in total. The fourth-order valence-electron chi connectivity index (χ4n) is 0.900. The van der Waals surface area contributed by atoms with Crippen molar-refractivity contribution in [2.24, 2.45) is 5.73 Å². The summed E-state index contributed by atoms with van der Waals surface area (Å²) in [4.78, 5) is 5.32. The molecule has 1 aromatic heterocycles. The summed E-state index contributed by atoms with van der Waals surface area (Å²) in [6.07, 6.45) is 1.79. The second-order valence-electron chi connectivity index (χ2n) is 2.53. The molecule has 0 unspecified atom stereocenters. The molecule has 0 aliphatic carbocycles. The van der Waals surface area contributed by atoms with Gasteiger partial charge in [0.25, 0.3) is 0 Å². The zero-order valence-electron chi connectivity index (χ0n) is 7.69. The number of nitrogens with zero attached hydrogens (tertiary/aromatic N) is 1. The number of nitrogens with two attached hydrogens (primary N) is 1. The van der Waals surface area contributed by atoms with E-state index in [9.17, 15) is 0 Å². The van der Waals surface area contributed by atoms with Crippen molar-refractivity contribution in [3.05, 3.63) is 24.0 Å². The minimum atomic E-state index is 0.499. The van der Waals surface area contributed by atoms with Crippen molar-refractivity contribution in [1.82, 2.24) is 4.98 Å². The second kappa shape index (κ2) is 5.96. The molecule has 0 bridgehead atoms. The molecular formula is C9H14N2OS. The van der Waals surface area contributed by atoms with Crippen LogP contribution in [0.25, 0.3) is 0 Å². The summed E-state index contributed by atoms with van der Waals surface area (Å²) in [7, 11) is 1.71. The van der Waals surface area contributed by atoms with Crippen molar-refractivity contribution in [2.45, 2.75) is 11.4 Å². The van der Waals surface area contributed by atoms with E-state index in [0.717, 1.165) is 18.1 Å². The van der Waals surface area contributed by atoms with Gasteiger partial charge in [0.2, 0.25) is 0 Å². The summed E-state index contributed by atoms with van der Waals surface area (Å²) in [6, 6.07) is 4.00. The summed E-state index contributed by atoms with van der Waals surface area (Å²) >= 11 is 1.75. The van der Waals surface area contributed by atoms with Crippen molar-refractivity contribution >= 4 is 11.8 Å². The van der Waals surface area contributed by atoms with E-state index in [4.69, 9.17) is 10.5 Å². The fraction of sp³-hybridized carbons (Fsp3) is 0.444. The number of aromatic nitrogens is 1. The van der Waals surface area contributed by atoms with Crippen LogP contribution in [0.15, 0.2) is 23.2 Å². The highest BCUT2D eigenvalue weighted by molar-refractivity contribution is 7.99. The lowest BCUT2D eigenvalue weighted by molar-refractivity contribution is 0.218. The Morgan fingerprint density at radius 2 is 2.46 bits per heavy atom. The number of methoxy groups -OCH3 is 1. The molecule has 1 rings (SSSR count). The normalized spacial score (nSPS) is 10.3. The molecule has 0 radical (unpaired) electrons. The monoisotopic (exact) mass is 198 g/mol. The predicted octanol–water partition coefficient (Wildman–Crippen LogP) is 1.28. The number of ether oxygens (including phenoxy) is 1. The lowest BCUT2D eigenvalue weighted by Gasteiger charge is -2.01. The zero-order valence-corrected chi connectivity index (χ0v) is 8.51. The molecule has 4 heteroatoms. The standard InChI is InChI=1S/C9H14N2OS/c1-12-4-5-13-9-2-3-11-8(6-9)7-10/h2-3,6H,4-5,7,10H2,1H3. The summed E-state index contributed by atoms with van der Waals surface area (Å²) < 4.78 is 4.96. The number of hydrogen-bond donors (Lipinski definition) is 1. The number of hydrogen-bond acceptors (Lipinski definition) is 4. The van der Waals surface area contributed by atoms with Crippen LogP contribution in [0.4, 0.5) is 0 Å². The van der Waals surface area contributed by atoms with Gasteiger partial charge in [-0.1, -0.05) is 0 Å². The van der Waals surface area contributed by atoms with Crippen molar-refractivity contribution in [3.8, 4) is 0 Å². The Balaban J connectivity index is 2.46. The van der Waals surface area contributed by atoms with Gasteiger partial charge in [-0.05, 0) is 12.1 Å². The van der Waals surface area contributed by atoms with Crippen LogP contribution in [0, 0.1) is 0 Å². The molecule has 0 fully saturated rings. The lowest BCUT2D eigenvalue weighted by Crippen LogP contribution is -1.99. The van der Waals surface area contributed by atoms with Crippen LogP contribution >= 0.6 is 11.8 Å². The van der Waals surface area contributed by atoms with Crippen LogP contribution < -0.4 is 5.73 Å². The van der Waals surface area contributed by atoms with Gasteiger partial charge in [0.05, 0.1) is 12.3 Å². The van der Waals surface area contributed by atoms with E-state index in [0.29, 0.717) is 6.54 Å². The minimum Gasteiger partial charge on any atom is -0.384 e. The van der Waals surface area contributed by atoms with E-state index in [1.54, 1.807) is 25.1 Å². The van der Waals surface area contributed by atoms with E-state index in [2.05, 4.69) is 4.98 Å². The van der Waals surface area contributed by atoms with E-state index >= 15 is 0 Å². The van der Waals surface area contributed by atoms with Gasteiger partial charge in [-0.15, -0.1) is 11.8 Å². The first-order chi connectivity index (χ1) is 6.36. The first-order valence-corrected chi connectivity index (χ1v) is 5.12. The molecule has 2 N–H and O–H groups in total. The third-order valence-corrected chi connectivity index (χ3v) is 2.51. The molecule has 13 heavy (non-hydrogen) atoms. The fourth-order valence-corrected chi connectivity index (χ4v) is 1.76. The molecule has 0 aliphatic heterocycles. The molecule has 1 aromatic rings. The zero-order chi connectivity index (χ0) is 9.52. The van der Waals surface area contributed by atoms with Gasteiger partial charge < -0.3 is 10.5 Å². The molecule has 0 saturated heterocycles. The summed E-state index contributed by atoms with van der Waals surface area (Å²) in [6.45, 7) is 1.27. The van der Waals surface area contributed by atoms with Crippen LogP contribution in [0.3, 0.4) is 0 Å². The van der Waals surface area contributed by atoms with Gasteiger partial charge in [0.15, 0.2) is 0 Å². The van der Waals surface area contributed by atoms with Crippen molar-refractivity contribution in [1.29, 1.82) is 0 Å². The second-order valence-corrected chi connectivity index (χ2v) is 3.70. The first-order valence-electron chi connectivity index (χ1n) is 4.13. The van der Waals surface area contributed by atoms with Crippen LogP contribution in [0.2, 0.25) is 0 Å². The molecule has 1 heterocycles. The van der Waals surface area contributed by atoms with E-state index in [-0.39, 0.29) is 0 Å². The van der Waals surface area contributed by atoms with Gasteiger partial charge in [-0.25, -0.2) is 0 Å². The van der Waals surface area contributed by atoms with Gasteiger partial charge in [0, 0.05) is 30.5 Å². The topological polar surface area (TPSA) is 48.1 Å². The van der Waals surface area contributed by atoms with E-state index in [1.165, 1.54) is 4.90 Å². The average Bonchev–Trinajstić information content (AvgIpc) is 2.19. The summed E-state index contributed by atoms with van der Waals surface area (Å²) in [5, 5.41) is 0. The molecular weight excluding hydrogens is 184 g/mol. The Morgan fingerprint density at radius 3 is 3.15 bits per heavy atom. The Kier molecular flexibility index (Phi) is 4.82. The summed E-state index contributed by atoms with van der Waals surface area (Å²) in [5.41, 5.74) is 6.41. The van der Waals surface area contributed by atoms with E-state index in [1.807, 2.05) is 12.1 Å². The predicted molar refractivity (Wildman–Crippen MR) is 54.7 cm³/mol. The molecule has 0 amide bonds. The van der Waals surface area contributed by atoms with Crippen LogP contribution in [0.5, 0.6) is 0 Å². The Labute approximate surface area is 82.7 Å². The van der Waals surface area contributed by atoms with Crippen molar-refractivity contribution < 1.29 is 4.74 Å². The minimum absolute atomic E-state index is 0.499. The Bertz CT molecular complexity index is 255. The molecule has 0 aromatic carbocycles. The highest BCUT2D eigenvalue weighted by Crippen LogP contribution is 2.17. The SMILES string of the molecule is COCCSc1ccnc(CN)c1. The molecule has 72 valence electrons. The van der Waals surface area contributed by atoms with Gasteiger partial charge in [0.1, 0.15) is 0 Å². The molecule has 0 spiro atoms. The summed E-state index contributed by atoms with van der Waals surface area (Å²) in [5.74, 6) is 0.963. The number of pyridine rings is 1. The number of rotatable bonds is 5. The maximum atomic E-state index is 5.48. The maximum Gasteiger partial charge on any atom is 0.0556 e.